The summed E-state index contributed by atoms with van der Waals surface area (Å²) < 4.78 is 11.2. The molecule has 0 aliphatic carbocycles. The van der Waals surface area contributed by atoms with E-state index in [1.165, 1.54) is 199 Å². The normalized spacial score (nSPS) is 11.8. The van der Waals surface area contributed by atoms with Crippen molar-refractivity contribution in [3.63, 3.8) is 0 Å². The summed E-state index contributed by atoms with van der Waals surface area (Å²) in [6.45, 7) is 16.2. The summed E-state index contributed by atoms with van der Waals surface area (Å²) in [6, 6.07) is 0. The van der Waals surface area contributed by atoms with Gasteiger partial charge in [-0.05, 0) is 77.4 Å². The smallest absolute Gasteiger partial charge is 0.308 e. The van der Waals surface area contributed by atoms with E-state index in [0.29, 0.717) is 26.2 Å². The molecule has 0 aromatic heterocycles. The number of aliphatic hydroxyl groups is 1. The van der Waals surface area contributed by atoms with Crippen molar-refractivity contribution in [1.82, 2.24) is 4.90 Å². The van der Waals surface area contributed by atoms with Crippen LogP contribution in [0.25, 0.3) is 0 Å². The minimum absolute atomic E-state index is 0.00604. The van der Waals surface area contributed by atoms with Crippen LogP contribution in [0.1, 0.15) is 298 Å². The van der Waals surface area contributed by atoms with E-state index in [1.807, 2.05) is 0 Å². The second-order valence-electron chi connectivity index (χ2n) is 18.6. The summed E-state index contributed by atoms with van der Waals surface area (Å²) in [4.78, 5) is 27.5. The van der Waals surface area contributed by atoms with Crippen molar-refractivity contribution in [3.05, 3.63) is 0 Å². The van der Waals surface area contributed by atoms with Gasteiger partial charge in [-0.2, -0.15) is 0 Å². The Kier molecular flexibility index (Phi) is 55.8. The lowest BCUT2D eigenvalue weighted by molar-refractivity contribution is -0.149. The maximum absolute atomic E-state index is 12.9. The van der Waals surface area contributed by atoms with Crippen molar-refractivity contribution < 1.29 is 24.2 Å². The minimum atomic E-state index is -0.00604. The van der Waals surface area contributed by atoms with E-state index in [0.717, 1.165) is 77.2 Å². The SMILES string of the molecule is CCCCCCC.CCCCCCCCCC(=O)OCCCCCCCCCN(CCCCO)CCCCCCCCCOC(=O)C(CCCCCC)CCCCCCCC. The summed E-state index contributed by atoms with van der Waals surface area (Å²) in [7, 11) is 0. The van der Waals surface area contributed by atoms with Gasteiger partial charge in [0.15, 0.2) is 0 Å². The van der Waals surface area contributed by atoms with Gasteiger partial charge in [0.2, 0.25) is 0 Å². The predicted molar refractivity (Wildman–Crippen MR) is 267 cm³/mol. The van der Waals surface area contributed by atoms with Crippen LogP contribution in [0.4, 0.5) is 0 Å². The van der Waals surface area contributed by atoms with Crippen molar-refractivity contribution >= 4 is 11.9 Å². The Morgan fingerprint density at radius 2 is 0.689 bits per heavy atom. The van der Waals surface area contributed by atoms with E-state index in [2.05, 4.69) is 39.5 Å². The fourth-order valence-electron chi connectivity index (χ4n) is 8.25. The highest BCUT2D eigenvalue weighted by Gasteiger charge is 2.19. The van der Waals surface area contributed by atoms with Gasteiger partial charge in [-0.25, -0.2) is 0 Å². The van der Waals surface area contributed by atoms with Gasteiger partial charge in [-0.1, -0.05) is 234 Å². The molecule has 0 spiro atoms. The minimum Gasteiger partial charge on any atom is -0.466 e. The Hall–Kier alpha value is -1.14. The molecule has 61 heavy (non-hydrogen) atoms. The lowest BCUT2D eigenvalue weighted by atomic mass is 9.94. The summed E-state index contributed by atoms with van der Waals surface area (Å²) in [5.41, 5.74) is 0. The molecular weight excluding hydrogens is 755 g/mol. The molecule has 0 amide bonds. The van der Waals surface area contributed by atoms with Crippen LogP contribution in [-0.4, -0.2) is 61.4 Å². The summed E-state index contributed by atoms with van der Waals surface area (Å²) in [5, 5.41) is 9.27. The topological polar surface area (TPSA) is 76.1 Å². The number of rotatable bonds is 49. The molecule has 0 radical (unpaired) electrons. The van der Waals surface area contributed by atoms with Crippen molar-refractivity contribution in [2.24, 2.45) is 5.92 Å². The molecule has 6 nitrogen and oxygen atoms in total. The highest BCUT2D eigenvalue weighted by Crippen LogP contribution is 2.21. The molecule has 0 aromatic carbocycles. The first kappa shape index (κ1) is 61.9. The Morgan fingerprint density at radius 1 is 0.377 bits per heavy atom. The Balaban J connectivity index is 0. The van der Waals surface area contributed by atoms with E-state index in [4.69, 9.17) is 9.47 Å². The molecule has 0 aliphatic heterocycles. The average molecular weight is 866 g/mol. The molecule has 366 valence electrons. The Bertz CT molecular complexity index is 833. The van der Waals surface area contributed by atoms with Gasteiger partial charge in [0.1, 0.15) is 0 Å². The number of carbonyl (C=O) groups is 2. The Labute approximate surface area is 383 Å². The molecule has 6 heteroatoms. The number of aliphatic hydroxyl groups excluding tert-OH is 1. The molecule has 1 N–H and O–H groups in total. The molecule has 1 atom stereocenters. The Morgan fingerprint density at radius 3 is 1.11 bits per heavy atom. The van der Waals surface area contributed by atoms with Crippen LogP contribution in [0.5, 0.6) is 0 Å². The first-order valence-electron chi connectivity index (χ1n) is 27.7. The molecule has 0 saturated heterocycles. The summed E-state index contributed by atoms with van der Waals surface area (Å²) >= 11 is 0. The van der Waals surface area contributed by atoms with Crippen LogP contribution in [0.3, 0.4) is 0 Å². The van der Waals surface area contributed by atoms with Crippen molar-refractivity contribution in [3.8, 4) is 0 Å². The second kappa shape index (κ2) is 55.0. The van der Waals surface area contributed by atoms with Crippen LogP contribution in [-0.2, 0) is 19.1 Å². The number of ether oxygens (including phenoxy) is 2. The lowest BCUT2D eigenvalue weighted by Gasteiger charge is -2.22. The monoisotopic (exact) mass is 866 g/mol. The zero-order valence-electron chi connectivity index (χ0n) is 42.3. The predicted octanol–water partition coefficient (Wildman–Crippen LogP) is 17.1. The summed E-state index contributed by atoms with van der Waals surface area (Å²) in [5.74, 6) is 0.179. The molecular formula is C55H111NO5. The van der Waals surface area contributed by atoms with E-state index in [9.17, 15) is 14.7 Å². The van der Waals surface area contributed by atoms with Crippen molar-refractivity contribution in [2.75, 3.05) is 39.5 Å². The number of carbonyl (C=O) groups excluding carboxylic acids is 2. The van der Waals surface area contributed by atoms with E-state index in [-0.39, 0.29) is 17.9 Å². The van der Waals surface area contributed by atoms with E-state index < -0.39 is 0 Å². The number of nitrogens with zero attached hydrogens (tertiary/aromatic N) is 1. The zero-order valence-corrected chi connectivity index (χ0v) is 42.3. The fraction of sp³-hybridized carbons (Fsp3) is 0.964. The highest BCUT2D eigenvalue weighted by molar-refractivity contribution is 5.72. The van der Waals surface area contributed by atoms with Gasteiger partial charge in [0, 0.05) is 13.0 Å². The molecule has 0 bridgehead atoms. The van der Waals surface area contributed by atoms with Crippen LogP contribution < -0.4 is 0 Å². The fourth-order valence-corrected chi connectivity index (χ4v) is 8.25. The average Bonchev–Trinajstić information content (AvgIpc) is 3.26. The van der Waals surface area contributed by atoms with Gasteiger partial charge >= 0.3 is 11.9 Å². The second-order valence-corrected chi connectivity index (χ2v) is 18.6. The van der Waals surface area contributed by atoms with Gasteiger partial charge in [0.25, 0.3) is 0 Å². The van der Waals surface area contributed by atoms with E-state index in [1.54, 1.807) is 0 Å². The van der Waals surface area contributed by atoms with Gasteiger partial charge in [-0.15, -0.1) is 0 Å². The van der Waals surface area contributed by atoms with Crippen molar-refractivity contribution in [1.29, 1.82) is 0 Å². The maximum atomic E-state index is 12.9. The first-order valence-corrected chi connectivity index (χ1v) is 27.7. The number of hydrogen-bond donors (Lipinski definition) is 1. The third-order valence-electron chi connectivity index (χ3n) is 12.5. The highest BCUT2D eigenvalue weighted by atomic mass is 16.5. The maximum Gasteiger partial charge on any atom is 0.308 e. The molecule has 0 aromatic rings. The first-order chi connectivity index (χ1) is 30.0. The standard InChI is InChI=1S/C48H95NO5.C7H16/c1-4-7-10-13-17-23-30-39-47(51)53-44-35-26-20-15-18-24-31-40-49(42-33-34-43-50)41-32-25-19-16-21-27-36-45-54-48(52)46(37-28-12-9-6-3)38-29-22-14-11-8-5-2;1-3-5-7-6-4-2/h46,50H,4-45H2,1-3H3;3-7H2,1-2H3. The lowest BCUT2D eigenvalue weighted by Crippen LogP contribution is -2.27. The molecule has 0 saturated carbocycles. The van der Waals surface area contributed by atoms with Crippen LogP contribution >= 0.6 is 0 Å². The van der Waals surface area contributed by atoms with Gasteiger partial charge < -0.3 is 19.5 Å². The zero-order chi connectivity index (χ0) is 45.0. The molecule has 0 rings (SSSR count). The summed E-state index contributed by atoms with van der Waals surface area (Å²) in [6.07, 6.45) is 49.8. The number of unbranched alkanes of at least 4 members (excludes halogenated alkanes) is 31. The third-order valence-corrected chi connectivity index (χ3v) is 12.5. The van der Waals surface area contributed by atoms with Crippen LogP contribution in [0, 0.1) is 5.92 Å². The number of esters is 2. The van der Waals surface area contributed by atoms with Crippen LogP contribution in [0.15, 0.2) is 0 Å². The van der Waals surface area contributed by atoms with Crippen molar-refractivity contribution in [2.45, 2.75) is 298 Å². The third kappa shape index (κ3) is 51.4. The largest absolute Gasteiger partial charge is 0.466 e. The van der Waals surface area contributed by atoms with E-state index >= 15 is 0 Å². The van der Waals surface area contributed by atoms with Gasteiger partial charge in [0.05, 0.1) is 19.1 Å². The molecule has 0 fully saturated rings. The quantitative estimate of drug-likeness (QED) is 0.0485. The molecule has 0 aliphatic rings. The molecule has 1 unspecified atom stereocenters. The van der Waals surface area contributed by atoms with Gasteiger partial charge in [-0.3, -0.25) is 9.59 Å². The number of hydrogen-bond acceptors (Lipinski definition) is 6. The molecule has 0 heterocycles. The van der Waals surface area contributed by atoms with Crippen LogP contribution in [0.2, 0.25) is 0 Å².